The van der Waals surface area contributed by atoms with E-state index in [2.05, 4.69) is 18.4 Å². The molecular formula is C15H20N2O2. The van der Waals surface area contributed by atoms with E-state index in [0.717, 1.165) is 28.2 Å². The van der Waals surface area contributed by atoms with Crippen LogP contribution in [0.15, 0.2) is 28.9 Å². The Morgan fingerprint density at radius 3 is 2.42 bits per heavy atom. The van der Waals surface area contributed by atoms with Gasteiger partial charge in [0, 0.05) is 11.1 Å². The lowest BCUT2D eigenvalue weighted by Crippen LogP contribution is -2.29. The molecule has 0 radical (unpaired) electrons. The number of hydrazine groups is 1. The summed E-state index contributed by atoms with van der Waals surface area (Å²) in [6.07, 6.45) is 1.67. The van der Waals surface area contributed by atoms with E-state index in [1.54, 1.807) is 13.4 Å². The smallest absolute Gasteiger partial charge is 0.127 e. The molecule has 1 heterocycles. The molecule has 0 spiro atoms. The quantitative estimate of drug-likeness (QED) is 0.655. The van der Waals surface area contributed by atoms with E-state index in [-0.39, 0.29) is 6.04 Å². The Hall–Kier alpha value is -1.78. The molecule has 0 amide bonds. The minimum Gasteiger partial charge on any atom is -0.496 e. The lowest BCUT2D eigenvalue weighted by atomic mass is 9.95. The molecular weight excluding hydrogens is 240 g/mol. The van der Waals surface area contributed by atoms with Crippen LogP contribution >= 0.6 is 0 Å². The van der Waals surface area contributed by atoms with Crippen molar-refractivity contribution in [1.82, 2.24) is 5.43 Å². The van der Waals surface area contributed by atoms with Gasteiger partial charge in [0.05, 0.1) is 19.4 Å². The van der Waals surface area contributed by atoms with Gasteiger partial charge in [0.15, 0.2) is 0 Å². The first kappa shape index (κ1) is 13.6. The molecule has 0 fully saturated rings. The largest absolute Gasteiger partial charge is 0.496 e. The summed E-state index contributed by atoms with van der Waals surface area (Å²) in [5.41, 5.74) is 7.19. The van der Waals surface area contributed by atoms with Gasteiger partial charge in [-0.2, -0.15) is 0 Å². The minimum absolute atomic E-state index is 0.145. The lowest BCUT2D eigenvalue weighted by Gasteiger charge is -2.21. The first-order valence-electron chi connectivity index (χ1n) is 6.24. The first-order chi connectivity index (χ1) is 9.10. The third-order valence-electron chi connectivity index (χ3n) is 3.60. The highest BCUT2D eigenvalue weighted by Gasteiger charge is 2.21. The molecule has 0 saturated heterocycles. The van der Waals surface area contributed by atoms with E-state index in [0.29, 0.717) is 0 Å². The Labute approximate surface area is 113 Å². The second-order valence-corrected chi connectivity index (χ2v) is 4.66. The SMILES string of the molecule is COc1c(C(NN)c2ccoc2C)ccc(C)c1C. The average molecular weight is 260 g/mol. The Kier molecular flexibility index (Phi) is 3.93. The summed E-state index contributed by atoms with van der Waals surface area (Å²) in [4.78, 5) is 0. The third kappa shape index (κ3) is 2.37. The monoisotopic (exact) mass is 260 g/mol. The summed E-state index contributed by atoms with van der Waals surface area (Å²) < 4.78 is 10.9. The molecule has 1 aromatic carbocycles. The summed E-state index contributed by atoms with van der Waals surface area (Å²) in [7, 11) is 1.68. The van der Waals surface area contributed by atoms with E-state index < -0.39 is 0 Å². The molecule has 2 rings (SSSR count). The molecule has 0 aliphatic rings. The predicted octanol–water partition coefficient (Wildman–Crippen LogP) is 2.77. The van der Waals surface area contributed by atoms with Crippen molar-refractivity contribution >= 4 is 0 Å². The molecule has 2 aromatic rings. The third-order valence-corrected chi connectivity index (χ3v) is 3.60. The maximum Gasteiger partial charge on any atom is 0.127 e. The molecule has 0 bridgehead atoms. The Balaban J connectivity index is 2.56. The van der Waals surface area contributed by atoms with Crippen LogP contribution in [-0.4, -0.2) is 7.11 Å². The van der Waals surface area contributed by atoms with Crippen LogP contribution in [0.4, 0.5) is 0 Å². The molecule has 102 valence electrons. The fourth-order valence-corrected chi connectivity index (χ4v) is 2.35. The fraction of sp³-hybridized carbons (Fsp3) is 0.333. The van der Waals surface area contributed by atoms with Crippen LogP contribution in [-0.2, 0) is 0 Å². The first-order valence-corrected chi connectivity index (χ1v) is 6.24. The van der Waals surface area contributed by atoms with Gasteiger partial charge < -0.3 is 9.15 Å². The van der Waals surface area contributed by atoms with Gasteiger partial charge in [0.1, 0.15) is 11.5 Å². The van der Waals surface area contributed by atoms with Crippen LogP contribution in [0.1, 0.15) is 34.1 Å². The maximum atomic E-state index is 5.73. The Morgan fingerprint density at radius 2 is 1.89 bits per heavy atom. The van der Waals surface area contributed by atoms with Gasteiger partial charge >= 0.3 is 0 Å². The van der Waals surface area contributed by atoms with Crippen molar-refractivity contribution < 1.29 is 9.15 Å². The number of aryl methyl sites for hydroxylation is 2. The second-order valence-electron chi connectivity index (χ2n) is 4.66. The van der Waals surface area contributed by atoms with Gasteiger partial charge in [-0.15, -0.1) is 0 Å². The molecule has 1 unspecified atom stereocenters. The van der Waals surface area contributed by atoms with E-state index in [1.807, 2.05) is 26.0 Å². The zero-order valence-corrected chi connectivity index (χ0v) is 11.8. The van der Waals surface area contributed by atoms with Crippen LogP contribution in [0.3, 0.4) is 0 Å². The van der Waals surface area contributed by atoms with Crippen molar-refractivity contribution in [3.8, 4) is 5.75 Å². The molecule has 1 atom stereocenters. The van der Waals surface area contributed by atoms with E-state index in [4.69, 9.17) is 15.0 Å². The molecule has 19 heavy (non-hydrogen) atoms. The van der Waals surface area contributed by atoms with Crippen molar-refractivity contribution in [2.24, 2.45) is 5.84 Å². The maximum absolute atomic E-state index is 5.73. The molecule has 3 N–H and O–H groups in total. The van der Waals surface area contributed by atoms with Crippen molar-refractivity contribution in [2.45, 2.75) is 26.8 Å². The van der Waals surface area contributed by atoms with Crippen molar-refractivity contribution in [2.75, 3.05) is 7.11 Å². The van der Waals surface area contributed by atoms with E-state index in [9.17, 15) is 0 Å². The Morgan fingerprint density at radius 1 is 1.16 bits per heavy atom. The van der Waals surface area contributed by atoms with Crippen LogP contribution in [0.2, 0.25) is 0 Å². The summed E-state index contributed by atoms with van der Waals surface area (Å²) in [6.45, 7) is 6.04. The second kappa shape index (κ2) is 5.47. The van der Waals surface area contributed by atoms with Crippen molar-refractivity contribution in [3.63, 3.8) is 0 Å². The van der Waals surface area contributed by atoms with Gasteiger partial charge in [-0.05, 0) is 38.0 Å². The number of hydrogen-bond donors (Lipinski definition) is 2. The van der Waals surface area contributed by atoms with E-state index >= 15 is 0 Å². The van der Waals surface area contributed by atoms with Crippen LogP contribution in [0, 0.1) is 20.8 Å². The highest BCUT2D eigenvalue weighted by atomic mass is 16.5. The number of nitrogens with two attached hydrogens (primary N) is 1. The van der Waals surface area contributed by atoms with Crippen LogP contribution < -0.4 is 16.0 Å². The summed E-state index contributed by atoms with van der Waals surface area (Å²) in [6, 6.07) is 5.90. The molecule has 4 nitrogen and oxygen atoms in total. The standard InChI is InChI=1S/C15H20N2O2/c1-9-5-6-13(15(18-4)10(9)2)14(17-16)12-7-8-19-11(12)3/h5-8,14,17H,16H2,1-4H3. The van der Waals surface area contributed by atoms with Gasteiger partial charge in [-0.1, -0.05) is 12.1 Å². The summed E-state index contributed by atoms with van der Waals surface area (Å²) >= 11 is 0. The van der Waals surface area contributed by atoms with Crippen molar-refractivity contribution in [1.29, 1.82) is 0 Å². The number of furan rings is 1. The van der Waals surface area contributed by atoms with Crippen molar-refractivity contribution in [3.05, 3.63) is 52.5 Å². The normalized spacial score (nSPS) is 12.5. The molecule has 1 aromatic heterocycles. The molecule has 0 saturated carbocycles. The number of ether oxygens (including phenoxy) is 1. The van der Waals surface area contributed by atoms with Gasteiger partial charge in [0.25, 0.3) is 0 Å². The number of benzene rings is 1. The summed E-state index contributed by atoms with van der Waals surface area (Å²) in [5.74, 6) is 7.44. The number of nitrogens with one attached hydrogen (secondary N) is 1. The Bertz CT molecular complexity index is 576. The zero-order valence-electron chi connectivity index (χ0n) is 11.8. The van der Waals surface area contributed by atoms with Crippen LogP contribution in [0.5, 0.6) is 5.75 Å². The van der Waals surface area contributed by atoms with Crippen LogP contribution in [0.25, 0.3) is 0 Å². The lowest BCUT2D eigenvalue weighted by molar-refractivity contribution is 0.400. The highest BCUT2D eigenvalue weighted by molar-refractivity contribution is 5.49. The minimum atomic E-state index is -0.145. The highest BCUT2D eigenvalue weighted by Crippen LogP contribution is 2.35. The van der Waals surface area contributed by atoms with E-state index in [1.165, 1.54) is 5.56 Å². The number of rotatable bonds is 4. The summed E-state index contributed by atoms with van der Waals surface area (Å²) in [5, 5.41) is 0. The average Bonchev–Trinajstić information content (AvgIpc) is 2.81. The molecule has 0 aliphatic carbocycles. The van der Waals surface area contributed by atoms with Gasteiger partial charge in [-0.3, -0.25) is 5.84 Å². The zero-order chi connectivity index (χ0) is 14.0. The number of hydrogen-bond acceptors (Lipinski definition) is 4. The van der Waals surface area contributed by atoms with Gasteiger partial charge in [0.2, 0.25) is 0 Å². The molecule has 4 heteroatoms. The predicted molar refractivity (Wildman–Crippen MR) is 75.1 cm³/mol. The molecule has 0 aliphatic heterocycles. The fourth-order valence-electron chi connectivity index (χ4n) is 2.35. The number of methoxy groups -OCH3 is 1. The van der Waals surface area contributed by atoms with Gasteiger partial charge in [-0.25, -0.2) is 5.43 Å². The topological polar surface area (TPSA) is 60.4 Å².